The molecule has 196 valence electrons. The zero-order valence-electron chi connectivity index (χ0n) is 20.9. The van der Waals surface area contributed by atoms with Crippen molar-refractivity contribution in [3.05, 3.63) is 92.7 Å². The van der Waals surface area contributed by atoms with E-state index < -0.39 is 74.9 Å². The first-order valence-electron chi connectivity index (χ1n) is 11.2. The van der Waals surface area contributed by atoms with Crippen LogP contribution >= 0.6 is 22.6 Å². The van der Waals surface area contributed by atoms with Gasteiger partial charge >= 0.3 is 0 Å². The van der Waals surface area contributed by atoms with Crippen LogP contribution in [0.2, 0.25) is 0 Å². The number of aromatic nitrogens is 1. The highest BCUT2D eigenvalue weighted by atomic mass is 127. The zero-order chi connectivity index (χ0) is 29.1. The Morgan fingerprint density at radius 3 is 2.51 bits per heavy atom. The topological polar surface area (TPSA) is 112 Å². The summed E-state index contributed by atoms with van der Waals surface area (Å²) < 4.78 is 103. The Morgan fingerprint density at radius 1 is 1.14 bits per heavy atom. The summed E-state index contributed by atoms with van der Waals surface area (Å²) in [6.45, 7) is 0.799. The molecule has 2 aromatic carbocycles. The second-order valence-electron chi connectivity index (χ2n) is 7.26. The molecule has 14 heteroatoms. The van der Waals surface area contributed by atoms with Gasteiger partial charge in [0.1, 0.15) is 5.82 Å². The minimum absolute atomic E-state index is 0.302. The van der Waals surface area contributed by atoms with E-state index >= 15 is 13.2 Å². The van der Waals surface area contributed by atoms with Crippen molar-refractivity contribution in [3.63, 3.8) is 0 Å². The van der Waals surface area contributed by atoms with Crippen LogP contribution in [0, 0.1) is 26.8 Å². The second-order valence-corrected chi connectivity index (χ2v) is 10.1. The molecule has 0 spiro atoms. The number of hydrogen-bond donors (Lipinski definition) is 4. The van der Waals surface area contributed by atoms with E-state index in [0.29, 0.717) is 3.57 Å². The number of pyridine rings is 1. The summed E-state index contributed by atoms with van der Waals surface area (Å²) in [5.74, 6) is -7.10. The summed E-state index contributed by atoms with van der Waals surface area (Å²) >= 11 is 1.84. The molecule has 0 saturated carbocycles. The first-order chi connectivity index (χ1) is 18.2. The number of benzene rings is 2. The predicted molar refractivity (Wildman–Crippen MR) is 140 cm³/mol. The van der Waals surface area contributed by atoms with Gasteiger partial charge in [-0.3, -0.25) is 9.52 Å². The molecule has 0 bridgehead atoms. The van der Waals surface area contributed by atoms with Crippen LogP contribution in [0.3, 0.4) is 0 Å². The molecule has 0 radical (unpaired) electrons. The highest BCUT2D eigenvalue weighted by Crippen LogP contribution is 2.32. The largest absolute Gasteiger partial charge is 0.350 e. The van der Waals surface area contributed by atoms with Crippen LogP contribution in [-0.4, -0.2) is 32.9 Å². The third-order valence-corrected chi connectivity index (χ3v) is 6.53. The number of carbonyl (C=O) groups is 1. The number of rotatable bonds is 10. The van der Waals surface area contributed by atoms with E-state index in [-0.39, 0.29) is 11.3 Å². The number of nitrogens with one attached hydrogen (secondary N) is 4. The lowest BCUT2D eigenvalue weighted by molar-refractivity contribution is 0.0958. The van der Waals surface area contributed by atoms with Crippen LogP contribution in [0.4, 0.5) is 34.8 Å². The van der Waals surface area contributed by atoms with Crippen molar-refractivity contribution >= 4 is 55.9 Å². The molecular weight excluding hydrogens is 629 g/mol. The van der Waals surface area contributed by atoms with Crippen molar-refractivity contribution in [2.75, 3.05) is 23.6 Å². The molecule has 3 rings (SSSR count). The minimum atomic E-state index is -4.15. The number of hydrogen-bond acceptors (Lipinski definition) is 5. The molecule has 0 aliphatic rings. The van der Waals surface area contributed by atoms with Gasteiger partial charge in [0.2, 0.25) is 0 Å². The lowest BCUT2D eigenvalue weighted by Gasteiger charge is -2.17. The Kier molecular flexibility index (Phi) is 8.15. The molecule has 1 heterocycles. The quantitative estimate of drug-likeness (QED) is 0.148. The van der Waals surface area contributed by atoms with Crippen LogP contribution < -0.4 is 20.1 Å². The monoisotopic (exact) mass is 651 g/mol. The molecule has 0 unspecified atom stereocenters. The van der Waals surface area contributed by atoms with Crippen LogP contribution in [0.25, 0.3) is 0 Å². The highest BCUT2D eigenvalue weighted by molar-refractivity contribution is 14.1. The average molecular weight is 651 g/mol. The maximum absolute atomic E-state index is 15.4. The molecule has 1 aromatic heterocycles. The van der Waals surface area contributed by atoms with Crippen molar-refractivity contribution in [3.8, 4) is 0 Å². The molecule has 0 saturated heterocycles. The van der Waals surface area contributed by atoms with Gasteiger partial charge in [0, 0.05) is 29.7 Å². The molecule has 8 nitrogen and oxygen atoms in total. The summed E-state index contributed by atoms with van der Waals surface area (Å²) in [6, 6.07) is 5.74. The van der Waals surface area contributed by atoms with E-state index in [2.05, 4.69) is 16.9 Å². The number of anilines is 3. The number of carbonyl (C=O) groups excluding carboxylic acids is 1. The minimum Gasteiger partial charge on any atom is -0.350 e. The predicted octanol–water partition coefficient (Wildman–Crippen LogP) is 4.37. The number of nitrogens with zero attached hydrogens (tertiary/aromatic N) is 1. The summed E-state index contributed by atoms with van der Waals surface area (Å²) in [7, 11) is -3.08. The summed E-state index contributed by atoms with van der Waals surface area (Å²) in [6.07, 6.45) is 1.12. The molecule has 0 aliphatic carbocycles. The zero-order valence-corrected chi connectivity index (χ0v) is 21.9. The molecule has 3 aromatic rings. The van der Waals surface area contributed by atoms with Crippen LogP contribution in [0.1, 0.15) is 24.2 Å². The van der Waals surface area contributed by atoms with Gasteiger partial charge in [-0.25, -0.2) is 27.3 Å². The maximum Gasteiger partial charge on any atom is 0.300 e. The fourth-order valence-electron chi connectivity index (χ4n) is 3.09. The van der Waals surface area contributed by atoms with Crippen molar-refractivity contribution in [2.45, 2.75) is 6.42 Å². The van der Waals surface area contributed by atoms with Crippen LogP contribution in [0.15, 0.2) is 49.2 Å². The summed E-state index contributed by atoms with van der Waals surface area (Å²) in [5.41, 5.74) is -2.58. The van der Waals surface area contributed by atoms with E-state index in [1.165, 1.54) is 12.1 Å². The van der Waals surface area contributed by atoms with Crippen molar-refractivity contribution in [1.29, 1.82) is 0 Å². The fourth-order valence-corrected chi connectivity index (χ4v) is 4.05. The van der Waals surface area contributed by atoms with E-state index in [4.69, 9.17) is 2.74 Å². The standard InChI is InChI=1S/C23H20F4IN5O3S/c1-3-7-31-23(34)15-10-13(9-12-6-8-30-22(19(12)26)33-37(35,36)29-2)18(25)20(27)21(15)32-17-5-4-14(28)11-16(17)24/h3-6,8,10-11,29,32H,1,7,9H2,2H3,(H,30,33)(H,31,34)/i7D2. The lowest BCUT2D eigenvalue weighted by Crippen LogP contribution is -2.27. The van der Waals surface area contributed by atoms with Gasteiger partial charge in [0.05, 0.1) is 19.7 Å². The molecule has 1 amide bonds. The van der Waals surface area contributed by atoms with Crippen molar-refractivity contribution < 1.29 is 33.5 Å². The highest BCUT2D eigenvalue weighted by Gasteiger charge is 2.25. The van der Waals surface area contributed by atoms with Crippen molar-refractivity contribution in [2.24, 2.45) is 0 Å². The van der Waals surface area contributed by atoms with Crippen LogP contribution in [0.5, 0.6) is 0 Å². The van der Waals surface area contributed by atoms with E-state index in [9.17, 15) is 17.6 Å². The van der Waals surface area contributed by atoms with Gasteiger partial charge < -0.3 is 10.6 Å². The Bertz CT molecular complexity index is 1560. The Balaban J connectivity index is 2.13. The first kappa shape index (κ1) is 25.4. The average Bonchev–Trinajstić information content (AvgIpc) is 2.86. The Hall–Kier alpha value is -3.24. The van der Waals surface area contributed by atoms with E-state index in [0.717, 1.165) is 37.5 Å². The van der Waals surface area contributed by atoms with Crippen LogP contribution in [-0.2, 0) is 16.6 Å². The molecule has 37 heavy (non-hydrogen) atoms. The van der Waals surface area contributed by atoms with Gasteiger partial charge in [-0.05, 0) is 64.0 Å². The Labute approximate surface area is 226 Å². The van der Waals surface area contributed by atoms with E-state index in [1.807, 2.05) is 37.4 Å². The molecule has 0 atom stereocenters. The Morgan fingerprint density at radius 2 is 1.86 bits per heavy atom. The first-order valence-corrected chi connectivity index (χ1v) is 12.8. The smallest absolute Gasteiger partial charge is 0.300 e. The summed E-state index contributed by atoms with van der Waals surface area (Å²) in [5, 5.41) is 4.28. The van der Waals surface area contributed by atoms with Gasteiger partial charge in [0.25, 0.3) is 16.1 Å². The van der Waals surface area contributed by atoms with Gasteiger partial charge in [0.15, 0.2) is 23.3 Å². The normalized spacial score (nSPS) is 12.4. The molecular formula is C23H20F4IN5O3S. The van der Waals surface area contributed by atoms with Crippen molar-refractivity contribution in [1.82, 2.24) is 15.0 Å². The SMILES string of the molecule is [2H]C([2H])(C=C)NC(=O)c1cc(Cc2ccnc(NS(=O)(=O)NC)c2F)c(F)c(F)c1Nc1ccc(I)cc1F. The third-order valence-electron chi connectivity index (χ3n) is 4.86. The maximum atomic E-state index is 15.4. The summed E-state index contributed by atoms with van der Waals surface area (Å²) in [4.78, 5) is 16.5. The lowest BCUT2D eigenvalue weighted by atomic mass is 9.99. The molecule has 0 aliphatic heterocycles. The van der Waals surface area contributed by atoms with Gasteiger partial charge in [-0.2, -0.15) is 8.42 Å². The van der Waals surface area contributed by atoms with Gasteiger partial charge in [-0.1, -0.05) is 6.08 Å². The fraction of sp³-hybridized carbons (Fsp3) is 0.130. The number of halogens is 5. The number of amides is 1. The van der Waals surface area contributed by atoms with Gasteiger partial charge in [-0.15, -0.1) is 6.58 Å². The van der Waals surface area contributed by atoms with E-state index in [1.54, 1.807) is 0 Å². The third kappa shape index (κ3) is 6.75. The molecule has 4 N–H and O–H groups in total. The second kappa shape index (κ2) is 11.9. The molecule has 0 fully saturated rings.